The molecule has 116 valence electrons. The summed E-state index contributed by atoms with van der Waals surface area (Å²) in [6, 6.07) is 0. The van der Waals surface area contributed by atoms with Gasteiger partial charge in [0, 0.05) is 18.5 Å². The number of rotatable bonds is 5. The number of nitrogens with one attached hydrogen (secondary N) is 2. The molecule has 0 aromatic carbocycles. The summed E-state index contributed by atoms with van der Waals surface area (Å²) in [5, 5.41) is 6.36. The van der Waals surface area contributed by atoms with Crippen LogP contribution >= 0.6 is 0 Å². The van der Waals surface area contributed by atoms with Gasteiger partial charge in [0.1, 0.15) is 6.10 Å². The highest BCUT2D eigenvalue weighted by molar-refractivity contribution is 5.77. The zero-order valence-corrected chi connectivity index (χ0v) is 13.0. The van der Waals surface area contributed by atoms with Crippen molar-refractivity contribution in [3.8, 4) is 0 Å². The van der Waals surface area contributed by atoms with Gasteiger partial charge in [0.15, 0.2) is 5.79 Å². The normalized spacial score (nSPS) is 28.2. The van der Waals surface area contributed by atoms with E-state index in [1.807, 2.05) is 20.9 Å². The molecule has 0 aromatic rings. The van der Waals surface area contributed by atoms with Gasteiger partial charge in [-0.3, -0.25) is 4.79 Å². The summed E-state index contributed by atoms with van der Waals surface area (Å²) in [5.74, 6) is -0.417. The topological polar surface area (TPSA) is 59.6 Å². The molecular formula is C15H28N2O3. The maximum absolute atomic E-state index is 12.1. The van der Waals surface area contributed by atoms with Gasteiger partial charge in [0.05, 0.1) is 6.61 Å². The Morgan fingerprint density at radius 1 is 1.25 bits per heavy atom. The van der Waals surface area contributed by atoms with Gasteiger partial charge in [-0.2, -0.15) is 0 Å². The third kappa shape index (κ3) is 4.17. The van der Waals surface area contributed by atoms with E-state index in [9.17, 15) is 4.79 Å². The predicted molar refractivity (Wildman–Crippen MR) is 77.4 cm³/mol. The first-order chi connectivity index (χ1) is 9.45. The van der Waals surface area contributed by atoms with E-state index in [1.54, 1.807) is 0 Å². The average molecular weight is 284 g/mol. The molecule has 2 rings (SSSR count). The molecule has 0 spiro atoms. The second kappa shape index (κ2) is 6.41. The van der Waals surface area contributed by atoms with E-state index < -0.39 is 5.79 Å². The summed E-state index contributed by atoms with van der Waals surface area (Å²) < 4.78 is 11.2. The molecule has 1 unspecified atom stereocenters. The lowest BCUT2D eigenvalue weighted by molar-refractivity contribution is -0.139. The van der Waals surface area contributed by atoms with Crippen LogP contribution in [0.15, 0.2) is 0 Å². The summed E-state index contributed by atoms with van der Waals surface area (Å²) in [7, 11) is 1.97. The average Bonchev–Trinajstić information content (AvgIpc) is 2.77. The second-order valence-electron chi connectivity index (χ2n) is 6.52. The van der Waals surface area contributed by atoms with Crippen LogP contribution in [0.2, 0.25) is 0 Å². The Hall–Kier alpha value is -0.650. The van der Waals surface area contributed by atoms with Crippen LogP contribution < -0.4 is 10.6 Å². The molecule has 0 radical (unpaired) electrons. The number of ether oxygens (including phenoxy) is 2. The summed E-state index contributed by atoms with van der Waals surface area (Å²) in [4.78, 5) is 12.1. The molecule has 20 heavy (non-hydrogen) atoms. The third-order valence-corrected chi connectivity index (χ3v) is 4.43. The Morgan fingerprint density at radius 3 is 2.50 bits per heavy atom. The zero-order chi connectivity index (χ0) is 14.6. The second-order valence-corrected chi connectivity index (χ2v) is 6.52. The smallest absolute Gasteiger partial charge is 0.221 e. The Bertz CT molecular complexity index is 338. The largest absolute Gasteiger partial charge is 0.353 e. The molecular weight excluding hydrogens is 256 g/mol. The number of hydrogen-bond donors (Lipinski definition) is 2. The first-order valence-electron chi connectivity index (χ1n) is 7.72. The summed E-state index contributed by atoms with van der Waals surface area (Å²) in [6.07, 6.45) is 6.41. The highest BCUT2D eigenvalue weighted by atomic mass is 16.7. The van der Waals surface area contributed by atoms with Crippen molar-refractivity contribution in [3.05, 3.63) is 0 Å². The molecule has 5 heteroatoms. The van der Waals surface area contributed by atoms with Gasteiger partial charge in [-0.15, -0.1) is 0 Å². The molecule has 2 N–H and O–H groups in total. The molecule has 1 heterocycles. The van der Waals surface area contributed by atoms with Crippen LogP contribution in [0.1, 0.15) is 52.4 Å². The van der Waals surface area contributed by atoms with E-state index in [-0.39, 0.29) is 17.6 Å². The van der Waals surface area contributed by atoms with Crippen molar-refractivity contribution in [1.82, 2.24) is 10.6 Å². The van der Waals surface area contributed by atoms with Crippen molar-refractivity contribution >= 4 is 5.91 Å². The predicted octanol–water partition coefficient (Wildman–Crippen LogP) is 1.57. The van der Waals surface area contributed by atoms with E-state index in [1.165, 1.54) is 19.3 Å². The molecule has 1 aliphatic heterocycles. The fraction of sp³-hybridized carbons (Fsp3) is 0.933. The molecule has 0 bridgehead atoms. The fourth-order valence-electron chi connectivity index (χ4n) is 3.20. The monoisotopic (exact) mass is 284 g/mol. The maximum Gasteiger partial charge on any atom is 0.221 e. The maximum atomic E-state index is 12.1. The van der Waals surface area contributed by atoms with Gasteiger partial charge < -0.3 is 20.1 Å². The van der Waals surface area contributed by atoms with Crippen molar-refractivity contribution in [1.29, 1.82) is 0 Å². The third-order valence-electron chi connectivity index (χ3n) is 4.43. The van der Waals surface area contributed by atoms with Crippen LogP contribution in [-0.4, -0.2) is 43.5 Å². The van der Waals surface area contributed by atoms with Crippen LogP contribution in [0, 0.1) is 0 Å². The zero-order valence-electron chi connectivity index (χ0n) is 13.0. The Balaban J connectivity index is 1.75. The van der Waals surface area contributed by atoms with Gasteiger partial charge in [-0.05, 0) is 33.7 Å². The molecule has 1 saturated carbocycles. The van der Waals surface area contributed by atoms with Crippen molar-refractivity contribution < 1.29 is 14.3 Å². The van der Waals surface area contributed by atoms with E-state index in [4.69, 9.17) is 9.47 Å². The highest BCUT2D eigenvalue weighted by Gasteiger charge is 2.35. The van der Waals surface area contributed by atoms with Gasteiger partial charge in [-0.1, -0.05) is 19.3 Å². The molecule has 1 atom stereocenters. The van der Waals surface area contributed by atoms with Crippen molar-refractivity contribution in [3.63, 3.8) is 0 Å². The van der Waals surface area contributed by atoms with Crippen LogP contribution in [0.25, 0.3) is 0 Å². The summed E-state index contributed by atoms with van der Waals surface area (Å²) in [6.45, 7) is 4.87. The molecule has 1 aliphatic carbocycles. The lowest BCUT2D eigenvalue weighted by Crippen LogP contribution is -2.49. The Kier molecular flexibility index (Phi) is 5.04. The minimum absolute atomic E-state index is 0.00532. The Morgan fingerprint density at radius 2 is 1.95 bits per heavy atom. The molecule has 1 saturated heterocycles. The van der Waals surface area contributed by atoms with Crippen LogP contribution in [0.5, 0.6) is 0 Å². The van der Waals surface area contributed by atoms with E-state index in [2.05, 4.69) is 10.6 Å². The fourth-order valence-corrected chi connectivity index (χ4v) is 3.20. The number of carbonyl (C=O) groups excluding carboxylic acids is 1. The minimum Gasteiger partial charge on any atom is -0.353 e. The Labute approximate surface area is 121 Å². The van der Waals surface area contributed by atoms with Crippen LogP contribution in [-0.2, 0) is 14.3 Å². The SMILES string of the molecule is CNC1(CC(=O)NCC2COC(C)(C)O2)CCCCC1. The molecule has 0 aromatic heterocycles. The van der Waals surface area contributed by atoms with Gasteiger partial charge in [0.2, 0.25) is 5.91 Å². The van der Waals surface area contributed by atoms with Crippen molar-refractivity contribution in [2.45, 2.75) is 69.8 Å². The van der Waals surface area contributed by atoms with Crippen molar-refractivity contribution in [2.75, 3.05) is 20.2 Å². The first kappa shape index (κ1) is 15.7. The highest BCUT2D eigenvalue weighted by Crippen LogP contribution is 2.30. The standard InChI is InChI=1S/C15H28N2O3/c1-14(2)19-11-12(20-14)10-17-13(18)9-15(16-3)7-5-4-6-8-15/h12,16H,4-11H2,1-3H3,(H,17,18). The van der Waals surface area contributed by atoms with E-state index in [0.717, 1.165) is 12.8 Å². The van der Waals surface area contributed by atoms with E-state index in [0.29, 0.717) is 19.6 Å². The van der Waals surface area contributed by atoms with Crippen LogP contribution in [0.3, 0.4) is 0 Å². The minimum atomic E-state index is -0.523. The lowest BCUT2D eigenvalue weighted by atomic mass is 9.79. The number of carbonyl (C=O) groups is 1. The number of amides is 1. The molecule has 5 nitrogen and oxygen atoms in total. The van der Waals surface area contributed by atoms with E-state index >= 15 is 0 Å². The quantitative estimate of drug-likeness (QED) is 0.804. The first-order valence-corrected chi connectivity index (χ1v) is 7.72. The molecule has 1 amide bonds. The number of hydrogen-bond acceptors (Lipinski definition) is 4. The van der Waals surface area contributed by atoms with Crippen molar-refractivity contribution in [2.24, 2.45) is 0 Å². The van der Waals surface area contributed by atoms with Gasteiger partial charge >= 0.3 is 0 Å². The van der Waals surface area contributed by atoms with Crippen LogP contribution in [0.4, 0.5) is 0 Å². The molecule has 2 fully saturated rings. The van der Waals surface area contributed by atoms with Gasteiger partial charge in [-0.25, -0.2) is 0 Å². The summed E-state index contributed by atoms with van der Waals surface area (Å²) >= 11 is 0. The molecule has 2 aliphatic rings. The van der Waals surface area contributed by atoms with Gasteiger partial charge in [0.25, 0.3) is 0 Å². The summed E-state index contributed by atoms with van der Waals surface area (Å²) in [5.41, 5.74) is -0.00532. The lowest BCUT2D eigenvalue weighted by Gasteiger charge is -2.36.